The minimum Gasteiger partial charge on any atom is -0.468 e. The van der Waals surface area contributed by atoms with Gasteiger partial charge in [-0.3, -0.25) is 4.79 Å². The third-order valence-electron chi connectivity index (χ3n) is 5.02. The Morgan fingerprint density at radius 3 is 2.54 bits per heavy atom. The van der Waals surface area contributed by atoms with Crippen molar-refractivity contribution < 1.29 is 14.6 Å². The molecule has 0 amide bonds. The summed E-state index contributed by atoms with van der Waals surface area (Å²) in [5.74, 6) is -0.486. The highest BCUT2D eigenvalue weighted by Gasteiger charge is 2.62. The van der Waals surface area contributed by atoms with Crippen molar-refractivity contribution in [2.75, 3.05) is 7.11 Å². The van der Waals surface area contributed by atoms with E-state index in [0.717, 1.165) is 5.56 Å². The van der Waals surface area contributed by atoms with Crippen LogP contribution in [0.2, 0.25) is 0 Å². The molecule has 0 saturated carbocycles. The number of hydrogen-bond donors (Lipinski definition) is 1. The summed E-state index contributed by atoms with van der Waals surface area (Å²) in [5, 5.41) is 20.9. The number of carbonyl (C=O) groups excluding carboxylic acids is 1. The minimum atomic E-state index is -1.52. The fraction of sp³-hybridized carbons (Fsp3) is 0.300. The molecule has 2 aromatic rings. The molecule has 1 aliphatic carbocycles. The molecule has 0 spiro atoms. The third-order valence-corrected chi connectivity index (χ3v) is 5.02. The van der Waals surface area contributed by atoms with E-state index in [1.165, 1.54) is 7.11 Å². The lowest BCUT2D eigenvalue weighted by atomic mass is 9.66. The minimum absolute atomic E-state index is 0.165. The summed E-state index contributed by atoms with van der Waals surface area (Å²) in [6, 6.07) is 18.8. The van der Waals surface area contributed by atoms with E-state index < -0.39 is 17.0 Å². The van der Waals surface area contributed by atoms with E-state index in [1.54, 1.807) is 0 Å². The van der Waals surface area contributed by atoms with Crippen molar-refractivity contribution >= 4 is 5.97 Å². The Bertz CT molecular complexity index is 796. The van der Waals surface area contributed by atoms with E-state index in [9.17, 15) is 9.90 Å². The number of nitrogens with zero attached hydrogens (tertiary/aromatic N) is 1. The summed E-state index contributed by atoms with van der Waals surface area (Å²) < 4.78 is 5.07. The lowest BCUT2D eigenvalue weighted by Crippen LogP contribution is -2.50. The Morgan fingerprint density at radius 1 is 1.21 bits per heavy atom. The number of hydrogen-bond acceptors (Lipinski definition) is 4. The summed E-state index contributed by atoms with van der Waals surface area (Å²) >= 11 is 0. The van der Waals surface area contributed by atoms with Crippen LogP contribution in [0.1, 0.15) is 29.5 Å². The van der Waals surface area contributed by atoms with Gasteiger partial charge in [0.05, 0.1) is 13.2 Å². The fourth-order valence-electron chi connectivity index (χ4n) is 3.91. The maximum absolute atomic E-state index is 12.8. The molecule has 0 aromatic heterocycles. The van der Waals surface area contributed by atoms with Gasteiger partial charge in [0.1, 0.15) is 11.0 Å². The second-order valence-corrected chi connectivity index (χ2v) is 6.14. The molecule has 1 N–H and O–H groups in total. The van der Waals surface area contributed by atoms with Gasteiger partial charge in [-0.05, 0) is 29.5 Å². The highest BCUT2D eigenvalue weighted by atomic mass is 16.5. The fourth-order valence-corrected chi connectivity index (χ4v) is 3.91. The normalized spacial score (nSPS) is 24.9. The first-order chi connectivity index (χ1) is 11.6. The molecule has 0 radical (unpaired) electrons. The number of ether oxygens (including phenoxy) is 1. The van der Waals surface area contributed by atoms with Crippen LogP contribution in [0.4, 0.5) is 0 Å². The Kier molecular flexibility index (Phi) is 4.13. The molecule has 0 saturated heterocycles. The van der Waals surface area contributed by atoms with Gasteiger partial charge >= 0.3 is 5.97 Å². The van der Waals surface area contributed by atoms with Gasteiger partial charge in [-0.2, -0.15) is 5.26 Å². The van der Waals surface area contributed by atoms with Crippen molar-refractivity contribution in [2.24, 2.45) is 5.41 Å². The van der Waals surface area contributed by atoms with E-state index >= 15 is 0 Å². The monoisotopic (exact) mass is 321 g/mol. The number of nitriles is 1. The Morgan fingerprint density at radius 2 is 1.88 bits per heavy atom. The lowest BCUT2D eigenvalue weighted by Gasteiger charge is -2.40. The van der Waals surface area contributed by atoms with Gasteiger partial charge < -0.3 is 9.84 Å². The number of methoxy groups -OCH3 is 1. The number of carbonyl (C=O) groups is 1. The van der Waals surface area contributed by atoms with Crippen LogP contribution in [-0.4, -0.2) is 18.2 Å². The van der Waals surface area contributed by atoms with Crippen LogP contribution >= 0.6 is 0 Å². The highest BCUT2D eigenvalue weighted by molar-refractivity contribution is 5.82. The molecule has 0 aliphatic heterocycles. The quantitative estimate of drug-likeness (QED) is 0.879. The first-order valence-electron chi connectivity index (χ1n) is 7.92. The summed E-state index contributed by atoms with van der Waals surface area (Å²) in [6.45, 7) is 0. The molecular formula is C20H19NO3. The molecule has 122 valence electrons. The highest BCUT2D eigenvalue weighted by Crippen LogP contribution is 2.56. The SMILES string of the molecule is COC(=O)[C@]1(CCC#N)Cc2ccccc2[C@]1(O)c1ccccc1. The first-order valence-corrected chi connectivity index (χ1v) is 7.92. The molecule has 2 atom stereocenters. The summed E-state index contributed by atoms with van der Waals surface area (Å²) in [5.41, 5.74) is -0.470. The first kappa shape index (κ1) is 16.2. The molecule has 2 aromatic carbocycles. The van der Waals surface area contributed by atoms with Gasteiger partial charge in [0.15, 0.2) is 0 Å². The molecule has 4 heteroatoms. The second kappa shape index (κ2) is 6.10. The summed E-state index contributed by atoms with van der Waals surface area (Å²) in [6.07, 6.45) is 0.747. The van der Waals surface area contributed by atoms with Gasteiger partial charge in [-0.1, -0.05) is 54.6 Å². The zero-order chi connectivity index (χ0) is 17.2. The number of rotatable bonds is 4. The maximum Gasteiger partial charge on any atom is 0.315 e. The van der Waals surface area contributed by atoms with E-state index in [4.69, 9.17) is 10.00 Å². The molecule has 4 nitrogen and oxygen atoms in total. The Labute approximate surface area is 141 Å². The molecule has 1 aliphatic rings. The average molecular weight is 321 g/mol. The standard InChI is InChI=1S/C20H19NO3/c1-24-18(22)19(12-7-13-21)14-15-8-5-6-11-17(15)20(19,23)16-9-3-2-4-10-16/h2-6,8-11,23H,7,12,14H2,1H3/t19-,20+/m0/s1. The second-order valence-electron chi connectivity index (χ2n) is 6.14. The van der Waals surface area contributed by atoms with Gasteiger partial charge in [0.2, 0.25) is 0 Å². The van der Waals surface area contributed by atoms with Crippen LogP contribution < -0.4 is 0 Å². The molecule has 0 unspecified atom stereocenters. The van der Waals surface area contributed by atoms with Gasteiger partial charge in [0.25, 0.3) is 0 Å². The molecule has 0 heterocycles. The van der Waals surface area contributed by atoms with Gasteiger partial charge in [-0.25, -0.2) is 0 Å². The van der Waals surface area contributed by atoms with Crippen molar-refractivity contribution in [1.29, 1.82) is 5.26 Å². The zero-order valence-corrected chi connectivity index (χ0v) is 13.5. The molecule has 0 bridgehead atoms. The van der Waals surface area contributed by atoms with Crippen molar-refractivity contribution in [3.63, 3.8) is 0 Å². The van der Waals surface area contributed by atoms with Crippen LogP contribution in [0, 0.1) is 16.7 Å². The van der Waals surface area contributed by atoms with Crippen LogP contribution in [-0.2, 0) is 21.6 Å². The maximum atomic E-state index is 12.8. The average Bonchev–Trinajstić information content (AvgIpc) is 2.91. The third kappa shape index (κ3) is 2.13. The van der Waals surface area contributed by atoms with Gasteiger partial charge in [0, 0.05) is 6.42 Å². The van der Waals surface area contributed by atoms with Crippen molar-refractivity contribution in [1.82, 2.24) is 0 Å². The number of esters is 1. The zero-order valence-electron chi connectivity index (χ0n) is 13.5. The lowest BCUT2D eigenvalue weighted by molar-refractivity contribution is -0.168. The topological polar surface area (TPSA) is 70.3 Å². The Hall–Kier alpha value is -2.64. The van der Waals surface area contributed by atoms with E-state index in [-0.39, 0.29) is 12.8 Å². The van der Waals surface area contributed by atoms with E-state index in [0.29, 0.717) is 17.5 Å². The van der Waals surface area contributed by atoms with Crippen molar-refractivity contribution in [3.05, 3.63) is 71.3 Å². The Balaban J connectivity index is 2.28. The van der Waals surface area contributed by atoms with Crippen molar-refractivity contribution in [3.8, 4) is 6.07 Å². The van der Waals surface area contributed by atoms with Crippen LogP contribution in [0.15, 0.2) is 54.6 Å². The molecule has 0 fully saturated rings. The van der Waals surface area contributed by atoms with Crippen LogP contribution in [0.3, 0.4) is 0 Å². The van der Waals surface area contributed by atoms with E-state index in [1.807, 2.05) is 54.6 Å². The molecular weight excluding hydrogens is 302 g/mol. The molecule has 3 rings (SSSR count). The van der Waals surface area contributed by atoms with E-state index in [2.05, 4.69) is 6.07 Å². The molecule has 24 heavy (non-hydrogen) atoms. The van der Waals surface area contributed by atoms with Crippen molar-refractivity contribution in [2.45, 2.75) is 24.9 Å². The summed E-state index contributed by atoms with van der Waals surface area (Å²) in [4.78, 5) is 12.8. The smallest absolute Gasteiger partial charge is 0.315 e. The van der Waals surface area contributed by atoms with Crippen LogP contribution in [0.5, 0.6) is 0 Å². The number of benzene rings is 2. The predicted octanol–water partition coefficient (Wildman–Crippen LogP) is 2.94. The largest absolute Gasteiger partial charge is 0.468 e. The van der Waals surface area contributed by atoms with Crippen LogP contribution in [0.25, 0.3) is 0 Å². The number of fused-ring (bicyclic) bond motifs is 1. The predicted molar refractivity (Wildman–Crippen MR) is 88.9 cm³/mol. The summed E-state index contributed by atoms with van der Waals surface area (Å²) in [7, 11) is 1.32. The number of aliphatic hydroxyl groups is 1. The van der Waals surface area contributed by atoms with Gasteiger partial charge in [-0.15, -0.1) is 0 Å².